The van der Waals surface area contributed by atoms with Crippen molar-refractivity contribution in [2.75, 3.05) is 33.5 Å². The van der Waals surface area contributed by atoms with Crippen molar-refractivity contribution >= 4 is 5.96 Å². The van der Waals surface area contributed by atoms with E-state index in [0.29, 0.717) is 28.9 Å². The van der Waals surface area contributed by atoms with Crippen LogP contribution in [0.2, 0.25) is 0 Å². The first kappa shape index (κ1) is 19.0. The van der Waals surface area contributed by atoms with Crippen molar-refractivity contribution in [3.05, 3.63) is 17.7 Å². The number of nitrogens with one attached hydrogen (secondary N) is 2. The second kappa shape index (κ2) is 8.38. The number of hydrogen-bond donors (Lipinski definition) is 2. The van der Waals surface area contributed by atoms with Gasteiger partial charge < -0.3 is 29.7 Å². The van der Waals surface area contributed by atoms with Crippen LogP contribution in [0.5, 0.6) is 17.2 Å². The number of alkyl halides is 2. The number of guanidine groups is 1. The average Bonchev–Trinajstić information content (AvgIpc) is 3.24. The summed E-state index contributed by atoms with van der Waals surface area (Å²) >= 11 is 0. The first-order valence-electron chi connectivity index (χ1n) is 9.68. The molecule has 1 aromatic carbocycles. The van der Waals surface area contributed by atoms with E-state index < -0.39 is 6.61 Å². The second-order valence-electron chi connectivity index (χ2n) is 7.38. The Morgan fingerprint density at radius 2 is 2.04 bits per heavy atom. The van der Waals surface area contributed by atoms with Crippen molar-refractivity contribution in [1.29, 1.82) is 0 Å². The third kappa shape index (κ3) is 4.57. The number of benzene rings is 1. The molecule has 0 bridgehead atoms. The number of aliphatic imine (C=N–C) groups is 1. The number of nitrogens with zero attached hydrogens (tertiary/aromatic N) is 2. The standard InChI is InChI=1S/C19H26F2N4O3/c1-22-19(23-8-12-4-5-25(10-12)14-2-3-14)24-9-13-6-16-17(27-11-26-16)7-15(13)28-18(20)21/h6-7,12,14,18H,2-5,8-11H2,1H3,(H2,22,23,24). The molecular formula is C19H26F2N4O3. The van der Waals surface area contributed by atoms with Gasteiger partial charge in [0.2, 0.25) is 6.79 Å². The molecular weight excluding hydrogens is 370 g/mol. The molecule has 1 atom stereocenters. The van der Waals surface area contributed by atoms with Gasteiger partial charge in [0.25, 0.3) is 0 Å². The van der Waals surface area contributed by atoms with E-state index in [1.165, 1.54) is 31.9 Å². The normalized spacial score (nSPS) is 22.0. The van der Waals surface area contributed by atoms with Crippen LogP contribution >= 0.6 is 0 Å². The first-order chi connectivity index (χ1) is 13.6. The van der Waals surface area contributed by atoms with E-state index in [2.05, 4.69) is 25.3 Å². The maximum absolute atomic E-state index is 12.7. The minimum atomic E-state index is -2.91. The predicted molar refractivity (Wildman–Crippen MR) is 100 cm³/mol. The molecule has 0 aromatic heterocycles. The molecule has 2 fully saturated rings. The van der Waals surface area contributed by atoms with Gasteiger partial charge in [-0.1, -0.05) is 0 Å². The fraction of sp³-hybridized carbons (Fsp3) is 0.632. The van der Waals surface area contributed by atoms with Crippen molar-refractivity contribution < 1.29 is 23.0 Å². The topological polar surface area (TPSA) is 67.4 Å². The highest BCUT2D eigenvalue weighted by Crippen LogP contribution is 2.38. The zero-order valence-corrected chi connectivity index (χ0v) is 15.9. The third-order valence-corrected chi connectivity index (χ3v) is 5.38. The summed E-state index contributed by atoms with van der Waals surface area (Å²) in [5.41, 5.74) is 0.549. The van der Waals surface area contributed by atoms with Crippen LogP contribution in [0.1, 0.15) is 24.8 Å². The van der Waals surface area contributed by atoms with E-state index in [9.17, 15) is 8.78 Å². The Labute approximate surface area is 163 Å². The summed E-state index contributed by atoms with van der Waals surface area (Å²) < 4.78 is 40.7. The molecule has 0 amide bonds. The fourth-order valence-corrected chi connectivity index (χ4v) is 3.75. The summed E-state index contributed by atoms with van der Waals surface area (Å²) in [6.07, 6.45) is 3.86. The van der Waals surface area contributed by atoms with Crippen molar-refractivity contribution in [2.45, 2.75) is 38.5 Å². The molecule has 154 valence electrons. The van der Waals surface area contributed by atoms with E-state index >= 15 is 0 Å². The summed E-state index contributed by atoms with van der Waals surface area (Å²) in [7, 11) is 1.69. The maximum Gasteiger partial charge on any atom is 0.387 e. The summed E-state index contributed by atoms with van der Waals surface area (Å²) in [6, 6.07) is 3.90. The first-order valence-corrected chi connectivity index (χ1v) is 9.68. The molecule has 28 heavy (non-hydrogen) atoms. The molecule has 9 heteroatoms. The lowest BCUT2D eigenvalue weighted by Gasteiger charge is -2.18. The van der Waals surface area contributed by atoms with E-state index in [-0.39, 0.29) is 19.1 Å². The van der Waals surface area contributed by atoms with E-state index in [1.807, 2.05) is 0 Å². The smallest absolute Gasteiger partial charge is 0.387 e. The van der Waals surface area contributed by atoms with Gasteiger partial charge in [0.05, 0.1) is 0 Å². The van der Waals surface area contributed by atoms with Crippen LogP contribution in [-0.4, -0.2) is 57.0 Å². The zero-order valence-electron chi connectivity index (χ0n) is 15.9. The van der Waals surface area contributed by atoms with Gasteiger partial charge in [0.15, 0.2) is 17.5 Å². The Morgan fingerprint density at radius 1 is 1.25 bits per heavy atom. The molecule has 4 rings (SSSR count). The molecule has 1 unspecified atom stereocenters. The van der Waals surface area contributed by atoms with Crippen LogP contribution in [0.4, 0.5) is 8.78 Å². The minimum absolute atomic E-state index is 0.0677. The average molecular weight is 396 g/mol. The Morgan fingerprint density at radius 3 is 2.75 bits per heavy atom. The Kier molecular flexibility index (Phi) is 5.70. The van der Waals surface area contributed by atoms with Crippen LogP contribution in [0.15, 0.2) is 17.1 Å². The lowest BCUT2D eigenvalue weighted by Crippen LogP contribution is -2.40. The van der Waals surface area contributed by atoms with Crippen LogP contribution in [-0.2, 0) is 6.54 Å². The molecule has 2 N–H and O–H groups in total. The van der Waals surface area contributed by atoms with Gasteiger partial charge in [-0.15, -0.1) is 0 Å². The van der Waals surface area contributed by atoms with Gasteiger partial charge in [0, 0.05) is 44.4 Å². The number of fused-ring (bicyclic) bond motifs is 1. The van der Waals surface area contributed by atoms with Crippen LogP contribution < -0.4 is 24.8 Å². The number of rotatable bonds is 7. The van der Waals surface area contributed by atoms with Crippen LogP contribution in [0.25, 0.3) is 0 Å². The quantitative estimate of drug-likeness (QED) is 0.544. The monoisotopic (exact) mass is 396 g/mol. The van der Waals surface area contributed by atoms with Gasteiger partial charge in [-0.05, 0) is 37.8 Å². The number of likely N-dealkylation sites (tertiary alicyclic amines) is 1. The van der Waals surface area contributed by atoms with Crippen molar-refractivity contribution in [2.24, 2.45) is 10.9 Å². The molecule has 1 aliphatic carbocycles. The summed E-state index contributed by atoms with van der Waals surface area (Å²) in [4.78, 5) is 6.80. The summed E-state index contributed by atoms with van der Waals surface area (Å²) in [5.74, 6) is 2.22. The molecule has 2 aliphatic heterocycles. The number of ether oxygens (including phenoxy) is 3. The highest BCUT2D eigenvalue weighted by molar-refractivity contribution is 5.79. The van der Waals surface area contributed by atoms with Gasteiger partial charge in [-0.3, -0.25) is 4.99 Å². The molecule has 0 spiro atoms. The van der Waals surface area contributed by atoms with Crippen LogP contribution in [0.3, 0.4) is 0 Å². The highest BCUT2D eigenvalue weighted by Gasteiger charge is 2.34. The van der Waals surface area contributed by atoms with Gasteiger partial charge in [-0.2, -0.15) is 8.78 Å². The highest BCUT2D eigenvalue weighted by atomic mass is 19.3. The maximum atomic E-state index is 12.7. The van der Waals surface area contributed by atoms with Gasteiger partial charge in [-0.25, -0.2) is 0 Å². The van der Waals surface area contributed by atoms with Crippen molar-refractivity contribution in [3.63, 3.8) is 0 Å². The number of hydrogen-bond acceptors (Lipinski definition) is 5. The second-order valence-corrected chi connectivity index (χ2v) is 7.38. The van der Waals surface area contributed by atoms with Crippen LogP contribution in [0, 0.1) is 5.92 Å². The lowest BCUT2D eigenvalue weighted by atomic mass is 10.1. The summed E-state index contributed by atoms with van der Waals surface area (Å²) in [5, 5.41) is 6.51. The van der Waals surface area contributed by atoms with E-state index in [1.54, 1.807) is 13.1 Å². The predicted octanol–water partition coefficient (Wildman–Crippen LogP) is 2.17. The van der Waals surface area contributed by atoms with E-state index in [4.69, 9.17) is 9.47 Å². The largest absolute Gasteiger partial charge is 0.454 e. The Bertz CT molecular complexity index is 727. The Balaban J connectivity index is 1.32. The van der Waals surface area contributed by atoms with Crippen molar-refractivity contribution in [3.8, 4) is 17.2 Å². The van der Waals surface area contributed by atoms with Gasteiger partial charge in [0.1, 0.15) is 5.75 Å². The molecule has 1 aromatic rings. The van der Waals surface area contributed by atoms with E-state index in [0.717, 1.165) is 19.1 Å². The summed E-state index contributed by atoms with van der Waals surface area (Å²) in [6.45, 7) is 0.579. The molecule has 1 saturated heterocycles. The van der Waals surface area contributed by atoms with Gasteiger partial charge >= 0.3 is 6.61 Å². The number of halogens is 2. The molecule has 7 nitrogen and oxygen atoms in total. The molecule has 2 heterocycles. The fourth-order valence-electron chi connectivity index (χ4n) is 3.75. The Hall–Kier alpha value is -2.29. The third-order valence-electron chi connectivity index (χ3n) is 5.38. The lowest BCUT2D eigenvalue weighted by molar-refractivity contribution is -0.0505. The SMILES string of the molecule is CN=C(NCc1cc2c(cc1OC(F)F)OCO2)NCC1CCN(C2CC2)C1. The zero-order chi connectivity index (χ0) is 19.5. The molecule has 0 radical (unpaired) electrons. The molecule has 1 saturated carbocycles. The molecule has 3 aliphatic rings. The van der Waals surface area contributed by atoms with Crippen molar-refractivity contribution in [1.82, 2.24) is 15.5 Å². The minimum Gasteiger partial charge on any atom is -0.454 e.